The van der Waals surface area contributed by atoms with Crippen molar-refractivity contribution in [3.8, 4) is 0 Å². The molecule has 1 fully saturated rings. The van der Waals surface area contributed by atoms with Gasteiger partial charge >= 0.3 is 0 Å². The third-order valence-corrected chi connectivity index (χ3v) is 4.34. The number of anilines is 1. The number of halogens is 2. The van der Waals surface area contributed by atoms with E-state index in [1.54, 1.807) is 23.2 Å². The normalized spacial score (nSPS) is 20.4. The molecule has 5 nitrogen and oxygen atoms in total. The van der Waals surface area contributed by atoms with E-state index in [2.05, 4.69) is 20.9 Å². The number of nitrogens with zero attached hydrogens (tertiary/aromatic N) is 2. The summed E-state index contributed by atoms with van der Waals surface area (Å²) < 4.78 is 22.6. The summed E-state index contributed by atoms with van der Waals surface area (Å²) in [6, 6.07) is 3.43. The average molecular weight is 354 g/mol. The molecular weight excluding hydrogens is 344 g/mol. The van der Waals surface area contributed by atoms with E-state index in [0.29, 0.717) is 16.8 Å². The fourth-order valence-corrected chi connectivity index (χ4v) is 3.66. The van der Waals surface area contributed by atoms with Gasteiger partial charge in [-0.15, -0.1) is 0 Å². The lowest BCUT2D eigenvalue weighted by molar-refractivity contribution is -0.117. The molecular formula is C10H10BrClN2O3S. The molecule has 8 heteroatoms. The Morgan fingerprint density at radius 3 is 2.89 bits per heavy atom. The van der Waals surface area contributed by atoms with Gasteiger partial charge in [-0.05, 0) is 28.1 Å². The Labute approximate surface area is 118 Å². The van der Waals surface area contributed by atoms with Crippen LogP contribution in [0.5, 0.6) is 0 Å². The fourth-order valence-electron chi connectivity index (χ4n) is 1.98. The van der Waals surface area contributed by atoms with Crippen molar-refractivity contribution in [2.24, 2.45) is 5.92 Å². The molecule has 0 bridgehead atoms. The molecule has 1 amide bonds. The lowest BCUT2D eigenvalue weighted by Crippen LogP contribution is -2.25. The minimum Gasteiger partial charge on any atom is -0.312 e. The monoisotopic (exact) mass is 352 g/mol. The van der Waals surface area contributed by atoms with Crippen LogP contribution in [0.25, 0.3) is 0 Å². The zero-order valence-electron chi connectivity index (χ0n) is 9.21. The van der Waals surface area contributed by atoms with Crippen molar-refractivity contribution in [2.45, 2.75) is 6.42 Å². The second kappa shape index (κ2) is 5.14. The number of amides is 1. The van der Waals surface area contributed by atoms with Crippen LogP contribution in [0.1, 0.15) is 6.42 Å². The number of hydrogen-bond acceptors (Lipinski definition) is 4. The van der Waals surface area contributed by atoms with E-state index in [0.717, 1.165) is 0 Å². The summed E-state index contributed by atoms with van der Waals surface area (Å²) in [5, 5.41) is 0. The Kier molecular flexibility index (Phi) is 3.93. The molecule has 0 saturated carbocycles. The van der Waals surface area contributed by atoms with Crippen molar-refractivity contribution in [3.05, 3.63) is 22.9 Å². The van der Waals surface area contributed by atoms with Gasteiger partial charge in [-0.1, -0.05) is 0 Å². The van der Waals surface area contributed by atoms with E-state index < -0.39 is 9.05 Å². The maximum Gasteiger partial charge on any atom is 0.232 e. The van der Waals surface area contributed by atoms with Crippen molar-refractivity contribution in [1.29, 1.82) is 0 Å². The highest BCUT2D eigenvalue weighted by Gasteiger charge is 2.33. The molecule has 1 atom stereocenters. The smallest absolute Gasteiger partial charge is 0.232 e. The number of hydrogen-bond donors (Lipinski definition) is 0. The molecule has 2 heterocycles. The van der Waals surface area contributed by atoms with Crippen molar-refractivity contribution in [1.82, 2.24) is 4.98 Å². The van der Waals surface area contributed by atoms with Crippen molar-refractivity contribution < 1.29 is 13.2 Å². The Bertz CT molecular complexity index is 578. The van der Waals surface area contributed by atoms with Gasteiger partial charge in [-0.2, -0.15) is 0 Å². The maximum atomic E-state index is 11.8. The van der Waals surface area contributed by atoms with Gasteiger partial charge in [0.15, 0.2) is 0 Å². The Morgan fingerprint density at radius 1 is 1.56 bits per heavy atom. The van der Waals surface area contributed by atoms with Gasteiger partial charge in [0.2, 0.25) is 15.0 Å². The first-order chi connectivity index (χ1) is 8.35. The van der Waals surface area contributed by atoms with Gasteiger partial charge in [0.25, 0.3) is 0 Å². The fraction of sp³-hybridized carbons (Fsp3) is 0.400. The van der Waals surface area contributed by atoms with E-state index in [4.69, 9.17) is 10.7 Å². The highest BCUT2D eigenvalue weighted by molar-refractivity contribution is 9.10. The van der Waals surface area contributed by atoms with Crippen LogP contribution < -0.4 is 4.90 Å². The van der Waals surface area contributed by atoms with E-state index in [1.807, 2.05) is 0 Å². The number of carbonyl (C=O) groups is 1. The Balaban J connectivity index is 2.15. The lowest BCUT2D eigenvalue weighted by Gasteiger charge is -2.16. The summed E-state index contributed by atoms with van der Waals surface area (Å²) in [6.45, 7) is 0.362. The maximum absolute atomic E-state index is 11.8. The largest absolute Gasteiger partial charge is 0.312 e. The van der Waals surface area contributed by atoms with Crippen LogP contribution in [0.3, 0.4) is 0 Å². The molecule has 0 N–H and O–H groups in total. The van der Waals surface area contributed by atoms with Gasteiger partial charge in [-0.25, -0.2) is 13.4 Å². The predicted octanol–water partition coefficient (Wildman–Crippen LogP) is 1.77. The Hall–Kier alpha value is -0.660. The molecule has 0 aliphatic carbocycles. The van der Waals surface area contributed by atoms with E-state index in [9.17, 15) is 13.2 Å². The first-order valence-electron chi connectivity index (χ1n) is 5.19. The van der Waals surface area contributed by atoms with Gasteiger partial charge in [0, 0.05) is 41.5 Å². The van der Waals surface area contributed by atoms with Crippen LogP contribution in [0.4, 0.5) is 5.69 Å². The minimum atomic E-state index is -3.57. The summed E-state index contributed by atoms with van der Waals surface area (Å²) in [6.07, 6.45) is 1.78. The van der Waals surface area contributed by atoms with Crippen LogP contribution in [0.15, 0.2) is 22.9 Å². The van der Waals surface area contributed by atoms with E-state index in [1.165, 1.54) is 0 Å². The topological polar surface area (TPSA) is 67.3 Å². The minimum absolute atomic E-state index is 0.0987. The number of pyridine rings is 1. The molecule has 18 heavy (non-hydrogen) atoms. The molecule has 1 aliphatic heterocycles. The number of rotatable bonds is 3. The molecule has 2 rings (SSSR count). The lowest BCUT2D eigenvalue weighted by atomic mass is 10.1. The highest BCUT2D eigenvalue weighted by atomic mass is 79.9. The van der Waals surface area contributed by atoms with Crippen LogP contribution in [0.2, 0.25) is 0 Å². The molecule has 1 aromatic rings. The van der Waals surface area contributed by atoms with Gasteiger partial charge in [0.1, 0.15) is 4.60 Å². The molecule has 1 aromatic heterocycles. The molecule has 1 aliphatic rings. The van der Waals surface area contributed by atoms with Crippen molar-refractivity contribution >= 4 is 47.3 Å². The zero-order valence-corrected chi connectivity index (χ0v) is 12.4. The van der Waals surface area contributed by atoms with Gasteiger partial charge in [-0.3, -0.25) is 4.79 Å². The second-order valence-corrected chi connectivity index (χ2v) is 7.75. The standard InChI is InChI=1S/C10H10BrClN2O3S/c11-9-4-8(1-2-13-9)14-5-7(3-10(14)15)6-18(12,16)17/h1-2,4,7H,3,5-6H2. The summed E-state index contributed by atoms with van der Waals surface area (Å²) in [4.78, 5) is 17.4. The average Bonchev–Trinajstić information content (AvgIpc) is 2.56. The molecule has 98 valence electrons. The SMILES string of the molecule is O=C1CC(CS(=O)(=O)Cl)CN1c1ccnc(Br)c1. The van der Waals surface area contributed by atoms with E-state index in [-0.39, 0.29) is 24.0 Å². The predicted molar refractivity (Wildman–Crippen MR) is 72.0 cm³/mol. The van der Waals surface area contributed by atoms with Crippen LogP contribution in [-0.2, 0) is 13.8 Å². The molecule has 1 unspecified atom stereocenters. The third kappa shape index (κ3) is 3.43. The molecule has 0 radical (unpaired) electrons. The van der Waals surface area contributed by atoms with Crippen molar-refractivity contribution in [3.63, 3.8) is 0 Å². The summed E-state index contributed by atoms with van der Waals surface area (Å²) in [5.74, 6) is -0.534. The highest BCUT2D eigenvalue weighted by Crippen LogP contribution is 2.27. The molecule has 0 spiro atoms. The van der Waals surface area contributed by atoms with Crippen LogP contribution in [0, 0.1) is 5.92 Å². The van der Waals surface area contributed by atoms with Gasteiger partial charge in [0.05, 0.1) is 5.75 Å². The number of aromatic nitrogens is 1. The van der Waals surface area contributed by atoms with Crippen LogP contribution >= 0.6 is 26.6 Å². The first-order valence-corrected chi connectivity index (χ1v) is 8.46. The quantitative estimate of drug-likeness (QED) is 0.613. The second-order valence-electron chi connectivity index (χ2n) is 4.12. The van der Waals surface area contributed by atoms with Crippen molar-refractivity contribution in [2.75, 3.05) is 17.2 Å². The summed E-state index contributed by atoms with van der Waals surface area (Å²) in [7, 11) is 1.63. The van der Waals surface area contributed by atoms with Crippen LogP contribution in [-0.4, -0.2) is 31.6 Å². The Morgan fingerprint density at radius 2 is 2.28 bits per heavy atom. The van der Waals surface area contributed by atoms with E-state index >= 15 is 0 Å². The zero-order chi connectivity index (χ0) is 13.3. The summed E-state index contributed by atoms with van der Waals surface area (Å²) >= 11 is 3.23. The number of carbonyl (C=O) groups excluding carboxylic acids is 1. The molecule has 1 saturated heterocycles. The molecule has 0 aromatic carbocycles. The summed E-state index contributed by atoms with van der Waals surface area (Å²) in [5.41, 5.74) is 0.705. The first kappa shape index (κ1) is 13.8. The van der Waals surface area contributed by atoms with Gasteiger partial charge < -0.3 is 4.90 Å². The third-order valence-electron chi connectivity index (χ3n) is 2.66.